The minimum absolute atomic E-state index is 0.0109. The lowest BCUT2D eigenvalue weighted by atomic mass is 10.1. The molecule has 194 valence electrons. The van der Waals surface area contributed by atoms with Crippen molar-refractivity contribution in [3.8, 4) is 5.75 Å². The number of hydrogen-bond acceptors (Lipinski definition) is 7. The lowest BCUT2D eigenvalue weighted by Gasteiger charge is -2.14. The van der Waals surface area contributed by atoms with E-state index in [1.54, 1.807) is 29.0 Å². The number of sulfonamides is 1. The second kappa shape index (κ2) is 10.8. The quantitative estimate of drug-likeness (QED) is 0.238. The fourth-order valence-corrected chi connectivity index (χ4v) is 4.95. The van der Waals surface area contributed by atoms with Gasteiger partial charge in [0, 0.05) is 15.8 Å². The third kappa shape index (κ3) is 5.69. The number of carbonyl (C=O) groups is 3. The van der Waals surface area contributed by atoms with Gasteiger partial charge in [0.2, 0.25) is 0 Å². The number of benzene rings is 4. The zero-order valence-electron chi connectivity index (χ0n) is 19.3. The Balaban J connectivity index is 1.60. The number of aromatic hydroxyl groups is 1. The molecular formula is C26H19ClN2O8S. The number of hydrogen-bond donors (Lipinski definition) is 4. The molecule has 2 amide bonds. The zero-order valence-corrected chi connectivity index (χ0v) is 20.9. The van der Waals surface area contributed by atoms with Crippen LogP contribution in [0.15, 0.2) is 83.8 Å². The Morgan fingerprint density at radius 2 is 1.53 bits per heavy atom. The normalized spacial score (nSPS) is 11.1. The first-order valence-electron chi connectivity index (χ1n) is 10.9. The van der Waals surface area contributed by atoms with Crippen molar-refractivity contribution in [2.75, 3.05) is 5.32 Å². The van der Waals surface area contributed by atoms with Crippen molar-refractivity contribution < 1.29 is 37.8 Å². The molecule has 0 saturated heterocycles. The van der Waals surface area contributed by atoms with Gasteiger partial charge in [0.15, 0.2) is 0 Å². The Labute approximate surface area is 221 Å². The topological polar surface area (TPSA) is 159 Å². The van der Waals surface area contributed by atoms with Gasteiger partial charge in [0.25, 0.3) is 10.0 Å². The Morgan fingerprint density at radius 1 is 0.868 bits per heavy atom. The number of carboxylic acids is 1. The van der Waals surface area contributed by atoms with Crippen LogP contribution in [0, 0.1) is 0 Å². The number of halogens is 1. The Bertz CT molecular complexity index is 1670. The monoisotopic (exact) mass is 554 g/mol. The van der Waals surface area contributed by atoms with Crippen LogP contribution in [-0.2, 0) is 21.4 Å². The number of rotatable bonds is 7. The number of fused-ring (bicyclic) bond motifs is 1. The molecule has 4 aromatic rings. The highest BCUT2D eigenvalue weighted by Crippen LogP contribution is 2.34. The van der Waals surface area contributed by atoms with Crippen molar-refractivity contribution in [2.45, 2.75) is 11.5 Å². The van der Waals surface area contributed by atoms with Gasteiger partial charge >= 0.3 is 18.0 Å². The minimum Gasteiger partial charge on any atom is -0.506 e. The largest absolute Gasteiger partial charge is 0.506 e. The molecule has 0 heterocycles. The first-order chi connectivity index (χ1) is 18.1. The van der Waals surface area contributed by atoms with Gasteiger partial charge in [-0.1, -0.05) is 66.2 Å². The number of nitrogens with one attached hydrogen (secondary N) is 2. The standard InChI is InChI=1S/C26H19ClN2O8S/c27-16-10-11-19(25(33)37-14-15-6-2-1-3-7-15)21(12-16)28-26(34)29-38(35,36)22-13-20(24(31)32)23(30)18-9-5-4-8-17(18)22/h1-13,30H,14H2,(H,31,32)(H2,28,29,34). The maximum absolute atomic E-state index is 13.1. The van der Waals surface area contributed by atoms with E-state index in [1.165, 1.54) is 42.5 Å². The first kappa shape index (κ1) is 26.5. The number of amides is 2. The molecule has 0 unspecified atom stereocenters. The molecule has 0 fully saturated rings. The van der Waals surface area contributed by atoms with Gasteiger partial charge in [-0.25, -0.2) is 27.5 Å². The molecule has 4 aromatic carbocycles. The van der Waals surface area contributed by atoms with E-state index in [0.717, 1.165) is 11.6 Å². The smallest absolute Gasteiger partial charge is 0.340 e. The SMILES string of the molecule is O=C(Nc1cc(Cl)ccc1C(=O)OCc1ccccc1)NS(=O)(=O)c1cc(C(=O)O)c(O)c2ccccc12. The molecule has 0 aliphatic rings. The Kier molecular flexibility index (Phi) is 7.51. The maximum atomic E-state index is 13.1. The number of urea groups is 1. The molecule has 0 saturated carbocycles. The summed E-state index contributed by atoms with van der Waals surface area (Å²) in [6.45, 7) is -0.0395. The molecule has 12 heteroatoms. The minimum atomic E-state index is -4.65. The summed E-state index contributed by atoms with van der Waals surface area (Å²) >= 11 is 6.01. The summed E-state index contributed by atoms with van der Waals surface area (Å²) in [6.07, 6.45) is 0. The maximum Gasteiger partial charge on any atom is 0.340 e. The molecule has 4 N–H and O–H groups in total. The van der Waals surface area contributed by atoms with Crippen LogP contribution in [0.4, 0.5) is 10.5 Å². The zero-order chi connectivity index (χ0) is 27.4. The number of aromatic carboxylic acids is 1. The fourth-order valence-electron chi connectivity index (χ4n) is 3.64. The van der Waals surface area contributed by atoms with E-state index >= 15 is 0 Å². The predicted molar refractivity (Wildman–Crippen MR) is 139 cm³/mol. The highest BCUT2D eigenvalue weighted by atomic mass is 35.5. The summed E-state index contributed by atoms with van der Waals surface area (Å²) in [4.78, 5) is 36.4. The lowest BCUT2D eigenvalue weighted by Crippen LogP contribution is -2.35. The Hall–Kier alpha value is -4.61. The van der Waals surface area contributed by atoms with Crippen LogP contribution in [0.5, 0.6) is 5.75 Å². The van der Waals surface area contributed by atoms with Gasteiger partial charge in [-0.05, 0) is 29.8 Å². The van der Waals surface area contributed by atoms with E-state index in [0.29, 0.717) is 0 Å². The number of carboxylic acid groups (broad SMARTS) is 1. The van der Waals surface area contributed by atoms with Crippen LogP contribution in [0.1, 0.15) is 26.3 Å². The van der Waals surface area contributed by atoms with Crippen LogP contribution in [0.25, 0.3) is 10.8 Å². The summed E-state index contributed by atoms with van der Waals surface area (Å²) in [5, 5.41) is 22.1. The average Bonchev–Trinajstić information content (AvgIpc) is 2.87. The molecule has 0 aromatic heterocycles. The predicted octanol–water partition coefficient (Wildman–Crippen LogP) is 4.76. The Morgan fingerprint density at radius 3 is 2.21 bits per heavy atom. The summed E-state index contributed by atoms with van der Waals surface area (Å²) in [7, 11) is -4.65. The van der Waals surface area contributed by atoms with Crippen molar-refractivity contribution >= 4 is 56.1 Å². The number of esters is 1. The average molecular weight is 555 g/mol. The fraction of sp³-hybridized carbons (Fsp3) is 0.0385. The molecule has 0 aliphatic heterocycles. The van der Waals surface area contributed by atoms with Gasteiger partial charge < -0.3 is 20.3 Å². The molecule has 38 heavy (non-hydrogen) atoms. The van der Waals surface area contributed by atoms with E-state index < -0.39 is 44.2 Å². The van der Waals surface area contributed by atoms with Gasteiger partial charge in [0.1, 0.15) is 17.9 Å². The number of ether oxygens (including phenoxy) is 1. The molecule has 0 aliphatic carbocycles. The van der Waals surface area contributed by atoms with Crippen molar-refractivity contribution in [1.29, 1.82) is 0 Å². The summed E-state index contributed by atoms with van der Waals surface area (Å²) in [6, 6.07) is 18.0. The van der Waals surface area contributed by atoms with Gasteiger partial charge in [-0.15, -0.1) is 0 Å². The molecule has 10 nitrogen and oxygen atoms in total. The van der Waals surface area contributed by atoms with E-state index in [9.17, 15) is 33.0 Å². The summed E-state index contributed by atoms with van der Waals surface area (Å²) in [5.74, 6) is -2.97. The van der Waals surface area contributed by atoms with E-state index in [1.807, 2.05) is 6.07 Å². The molecular weight excluding hydrogens is 536 g/mol. The highest BCUT2D eigenvalue weighted by Gasteiger charge is 2.26. The summed E-state index contributed by atoms with van der Waals surface area (Å²) in [5.41, 5.74) is -0.135. The van der Waals surface area contributed by atoms with Crippen LogP contribution >= 0.6 is 11.6 Å². The number of phenols is 1. The van der Waals surface area contributed by atoms with E-state index in [-0.39, 0.29) is 33.7 Å². The third-order valence-corrected chi connectivity index (χ3v) is 6.99. The van der Waals surface area contributed by atoms with Crippen molar-refractivity contribution in [3.05, 3.63) is 101 Å². The molecule has 4 rings (SSSR count). The van der Waals surface area contributed by atoms with Crippen molar-refractivity contribution in [2.24, 2.45) is 0 Å². The van der Waals surface area contributed by atoms with Crippen molar-refractivity contribution in [3.63, 3.8) is 0 Å². The van der Waals surface area contributed by atoms with E-state index in [2.05, 4.69) is 5.32 Å². The van der Waals surface area contributed by atoms with E-state index in [4.69, 9.17) is 16.3 Å². The molecule has 0 radical (unpaired) electrons. The van der Waals surface area contributed by atoms with Crippen LogP contribution in [0.2, 0.25) is 5.02 Å². The third-order valence-electron chi connectivity index (χ3n) is 5.39. The second-order valence-corrected chi connectivity index (χ2v) is 10.0. The number of anilines is 1. The van der Waals surface area contributed by atoms with Gasteiger partial charge in [-0.3, -0.25) is 0 Å². The van der Waals surface area contributed by atoms with Gasteiger partial charge in [-0.2, -0.15) is 0 Å². The van der Waals surface area contributed by atoms with Crippen LogP contribution in [-0.4, -0.2) is 36.6 Å². The summed E-state index contributed by atoms with van der Waals surface area (Å²) < 4.78 is 33.3. The number of carbonyl (C=O) groups excluding carboxylic acids is 2. The molecule has 0 bridgehead atoms. The van der Waals surface area contributed by atoms with Crippen molar-refractivity contribution in [1.82, 2.24) is 4.72 Å². The van der Waals surface area contributed by atoms with Gasteiger partial charge in [0.05, 0.1) is 16.1 Å². The van der Waals surface area contributed by atoms with Crippen LogP contribution in [0.3, 0.4) is 0 Å². The molecule has 0 atom stereocenters. The first-order valence-corrected chi connectivity index (χ1v) is 12.8. The molecule has 0 spiro atoms. The van der Waals surface area contributed by atoms with Crippen LogP contribution < -0.4 is 10.0 Å². The highest BCUT2D eigenvalue weighted by molar-refractivity contribution is 7.90. The second-order valence-electron chi connectivity index (χ2n) is 7.93. The lowest BCUT2D eigenvalue weighted by molar-refractivity contribution is 0.0473.